The number of amides is 1. The highest BCUT2D eigenvalue weighted by atomic mass is 19.1. The Hall–Kier alpha value is -1.68. The maximum Gasteiger partial charge on any atom is 0.224 e. The molecule has 1 atom stereocenters. The summed E-state index contributed by atoms with van der Waals surface area (Å²) in [4.78, 5) is 11.6. The van der Waals surface area contributed by atoms with Crippen LogP contribution in [0.5, 0.6) is 0 Å². The van der Waals surface area contributed by atoms with Gasteiger partial charge in [0, 0.05) is 19.0 Å². The van der Waals surface area contributed by atoms with E-state index in [0.29, 0.717) is 6.42 Å². The maximum absolute atomic E-state index is 12.7. The highest BCUT2D eigenvalue weighted by Gasteiger charge is 2.15. The van der Waals surface area contributed by atoms with E-state index < -0.39 is 0 Å². The van der Waals surface area contributed by atoms with Crippen LogP contribution in [0.4, 0.5) is 4.39 Å². The zero-order valence-corrected chi connectivity index (χ0v) is 10.2. The van der Waals surface area contributed by atoms with Crippen molar-refractivity contribution in [2.45, 2.75) is 18.9 Å². The van der Waals surface area contributed by atoms with E-state index in [1.54, 1.807) is 18.2 Å². The van der Waals surface area contributed by atoms with Gasteiger partial charge in [0.15, 0.2) is 0 Å². The first-order valence-corrected chi connectivity index (χ1v) is 6.16. The zero-order valence-electron chi connectivity index (χ0n) is 10.2. The standard InChI is InChI=1S/C14H17FN2O/c15-12-6-4-11(5-7-12)2-1-3-14(18)17-13-8-9-16-10-13/h1-2,4-7,13,16H,3,8-10H2,(H,17,18)/b2-1+/t13-/m0/s1. The Balaban J connectivity index is 1.76. The molecule has 0 spiro atoms. The molecule has 1 amide bonds. The monoisotopic (exact) mass is 248 g/mol. The lowest BCUT2D eigenvalue weighted by atomic mass is 10.2. The molecule has 1 fully saturated rings. The van der Waals surface area contributed by atoms with Crippen LogP contribution in [0.2, 0.25) is 0 Å². The van der Waals surface area contributed by atoms with Gasteiger partial charge in [-0.2, -0.15) is 0 Å². The van der Waals surface area contributed by atoms with Crippen molar-refractivity contribution in [1.29, 1.82) is 0 Å². The highest BCUT2D eigenvalue weighted by molar-refractivity contribution is 5.78. The number of carbonyl (C=O) groups is 1. The second-order valence-electron chi connectivity index (χ2n) is 4.42. The summed E-state index contributed by atoms with van der Waals surface area (Å²) in [5.74, 6) is -0.222. The van der Waals surface area contributed by atoms with Crippen LogP contribution in [0.15, 0.2) is 30.3 Å². The lowest BCUT2D eigenvalue weighted by Crippen LogP contribution is -2.35. The van der Waals surface area contributed by atoms with Gasteiger partial charge in [0.25, 0.3) is 0 Å². The number of carbonyl (C=O) groups excluding carboxylic acids is 1. The SMILES string of the molecule is O=C(C/C=C/c1ccc(F)cc1)N[C@H]1CCNC1. The summed E-state index contributed by atoms with van der Waals surface area (Å²) in [5.41, 5.74) is 0.895. The van der Waals surface area contributed by atoms with Crippen molar-refractivity contribution < 1.29 is 9.18 Å². The highest BCUT2D eigenvalue weighted by Crippen LogP contribution is 2.05. The average Bonchev–Trinajstić information content (AvgIpc) is 2.84. The van der Waals surface area contributed by atoms with Crippen LogP contribution in [-0.2, 0) is 4.79 Å². The van der Waals surface area contributed by atoms with E-state index in [9.17, 15) is 9.18 Å². The molecular weight excluding hydrogens is 231 g/mol. The maximum atomic E-state index is 12.7. The first kappa shape index (κ1) is 12.8. The number of hydrogen-bond donors (Lipinski definition) is 2. The van der Waals surface area contributed by atoms with Crippen molar-refractivity contribution in [2.75, 3.05) is 13.1 Å². The second kappa shape index (κ2) is 6.31. The molecule has 3 nitrogen and oxygen atoms in total. The van der Waals surface area contributed by atoms with Gasteiger partial charge in [0.1, 0.15) is 5.82 Å². The van der Waals surface area contributed by atoms with E-state index in [2.05, 4.69) is 10.6 Å². The van der Waals surface area contributed by atoms with Gasteiger partial charge in [-0.3, -0.25) is 4.79 Å². The molecule has 96 valence electrons. The smallest absolute Gasteiger partial charge is 0.224 e. The molecular formula is C14H17FN2O. The average molecular weight is 248 g/mol. The predicted octanol–water partition coefficient (Wildman–Crippen LogP) is 1.71. The lowest BCUT2D eigenvalue weighted by Gasteiger charge is -2.09. The minimum absolute atomic E-state index is 0.0297. The van der Waals surface area contributed by atoms with Crippen LogP contribution < -0.4 is 10.6 Å². The van der Waals surface area contributed by atoms with Gasteiger partial charge in [-0.05, 0) is 30.7 Å². The predicted molar refractivity (Wildman–Crippen MR) is 69.5 cm³/mol. The largest absolute Gasteiger partial charge is 0.352 e. The molecule has 2 rings (SSSR count). The molecule has 0 radical (unpaired) electrons. The first-order chi connectivity index (χ1) is 8.74. The fraction of sp³-hybridized carbons (Fsp3) is 0.357. The summed E-state index contributed by atoms with van der Waals surface area (Å²) in [5, 5.41) is 6.16. The van der Waals surface area contributed by atoms with Crippen LogP contribution >= 0.6 is 0 Å². The van der Waals surface area contributed by atoms with Crippen molar-refractivity contribution >= 4 is 12.0 Å². The molecule has 2 N–H and O–H groups in total. The van der Waals surface area contributed by atoms with Gasteiger partial charge >= 0.3 is 0 Å². The normalized spacial score (nSPS) is 19.3. The molecule has 0 saturated carbocycles. The van der Waals surface area contributed by atoms with Crippen molar-refractivity contribution in [1.82, 2.24) is 10.6 Å². The molecule has 0 aliphatic carbocycles. The number of hydrogen-bond acceptors (Lipinski definition) is 2. The number of nitrogens with one attached hydrogen (secondary N) is 2. The van der Waals surface area contributed by atoms with Crippen LogP contribution in [-0.4, -0.2) is 25.0 Å². The van der Waals surface area contributed by atoms with Gasteiger partial charge in [-0.1, -0.05) is 24.3 Å². The van der Waals surface area contributed by atoms with Crippen molar-refractivity contribution in [3.05, 3.63) is 41.7 Å². The van der Waals surface area contributed by atoms with Crippen LogP contribution in [0.25, 0.3) is 6.08 Å². The minimum atomic E-state index is -0.251. The van der Waals surface area contributed by atoms with Crippen molar-refractivity contribution in [3.63, 3.8) is 0 Å². The van der Waals surface area contributed by atoms with Crippen molar-refractivity contribution in [2.24, 2.45) is 0 Å². The fourth-order valence-electron chi connectivity index (χ4n) is 1.94. The molecule has 1 aromatic carbocycles. The number of benzene rings is 1. The Labute approximate surface area is 106 Å². The Morgan fingerprint density at radius 3 is 2.89 bits per heavy atom. The van der Waals surface area contributed by atoms with Crippen LogP contribution in [0.3, 0.4) is 0 Å². The summed E-state index contributed by atoms with van der Waals surface area (Å²) in [6.07, 6.45) is 4.97. The molecule has 1 aliphatic heterocycles. The third-order valence-corrected chi connectivity index (χ3v) is 2.91. The molecule has 1 aliphatic rings. The van der Waals surface area contributed by atoms with E-state index in [-0.39, 0.29) is 17.8 Å². The molecule has 18 heavy (non-hydrogen) atoms. The van der Waals surface area contributed by atoms with E-state index in [1.807, 2.05) is 6.08 Å². The Morgan fingerprint density at radius 2 is 2.22 bits per heavy atom. The third-order valence-electron chi connectivity index (χ3n) is 2.91. The van der Waals surface area contributed by atoms with Gasteiger partial charge in [-0.15, -0.1) is 0 Å². The molecule has 0 unspecified atom stereocenters. The van der Waals surface area contributed by atoms with E-state index in [4.69, 9.17) is 0 Å². The first-order valence-electron chi connectivity index (χ1n) is 6.16. The fourth-order valence-corrected chi connectivity index (χ4v) is 1.94. The summed E-state index contributed by atoms with van der Waals surface area (Å²) in [6.45, 7) is 1.82. The van der Waals surface area contributed by atoms with Crippen LogP contribution in [0.1, 0.15) is 18.4 Å². The summed E-state index contributed by atoms with van der Waals surface area (Å²) >= 11 is 0. The lowest BCUT2D eigenvalue weighted by molar-refractivity contribution is -0.120. The van der Waals surface area contributed by atoms with Gasteiger partial charge in [-0.25, -0.2) is 4.39 Å². The summed E-state index contributed by atoms with van der Waals surface area (Å²) in [7, 11) is 0. The van der Waals surface area contributed by atoms with E-state index in [1.165, 1.54) is 12.1 Å². The van der Waals surface area contributed by atoms with Gasteiger partial charge in [0.2, 0.25) is 5.91 Å². The van der Waals surface area contributed by atoms with E-state index >= 15 is 0 Å². The molecule has 4 heteroatoms. The zero-order chi connectivity index (χ0) is 12.8. The van der Waals surface area contributed by atoms with Gasteiger partial charge < -0.3 is 10.6 Å². The van der Waals surface area contributed by atoms with Gasteiger partial charge in [0.05, 0.1) is 0 Å². The summed E-state index contributed by atoms with van der Waals surface area (Å²) < 4.78 is 12.7. The molecule has 0 aromatic heterocycles. The summed E-state index contributed by atoms with van der Waals surface area (Å²) in [6, 6.07) is 6.44. The topological polar surface area (TPSA) is 41.1 Å². The molecule has 1 aromatic rings. The van der Waals surface area contributed by atoms with Crippen molar-refractivity contribution in [3.8, 4) is 0 Å². The molecule has 0 bridgehead atoms. The van der Waals surface area contributed by atoms with Crippen LogP contribution in [0, 0.1) is 5.82 Å². The van der Waals surface area contributed by atoms with E-state index in [0.717, 1.165) is 25.1 Å². The Kier molecular flexibility index (Phi) is 4.47. The third kappa shape index (κ3) is 3.96. The quantitative estimate of drug-likeness (QED) is 0.851. The minimum Gasteiger partial charge on any atom is -0.352 e. The Bertz CT molecular complexity index is 422. The molecule has 1 heterocycles. The molecule has 1 saturated heterocycles. The Morgan fingerprint density at radius 1 is 1.44 bits per heavy atom. The second-order valence-corrected chi connectivity index (χ2v) is 4.42. The number of halogens is 1. The number of rotatable bonds is 4.